The first-order valence-corrected chi connectivity index (χ1v) is 7.52. The summed E-state index contributed by atoms with van der Waals surface area (Å²) in [7, 11) is 0. The van der Waals surface area contributed by atoms with Gasteiger partial charge in [0.25, 0.3) is 0 Å². The van der Waals surface area contributed by atoms with Gasteiger partial charge in [-0.3, -0.25) is 0 Å². The molecule has 0 radical (unpaired) electrons. The van der Waals surface area contributed by atoms with Crippen LogP contribution in [-0.4, -0.2) is 28.5 Å². The van der Waals surface area contributed by atoms with Gasteiger partial charge in [-0.1, -0.05) is 27.7 Å². The number of aliphatic hydroxyl groups excluding tert-OH is 1. The van der Waals surface area contributed by atoms with Crippen molar-refractivity contribution in [1.29, 1.82) is 0 Å². The molecular formula is C16H27NO4. The second-order valence-corrected chi connectivity index (χ2v) is 6.35. The molecule has 5 heteroatoms. The lowest BCUT2D eigenvalue weighted by Crippen LogP contribution is -2.44. The summed E-state index contributed by atoms with van der Waals surface area (Å²) in [5, 5.41) is 21.8. The predicted octanol–water partition coefficient (Wildman–Crippen LogP) is 3.45. The largest absolute Gasteiger partial charge is 0.469 e. The van der Waals surface area contributed by atoms with Gasteiger partial charge >= 0.3 is 6.09 Å². The lowest BCUT2D eigenvalue weighted by atomic mass is 9.85. The van der Waals surface area contributed by atoms with Crippen molar-refractivity contribution in [2.45, 2.75) is 58.6 Å². The average molecular weight is 297 g/mol. The highest BCUT2D eigenvalue weighted by Crippen LogP contribution is 2.30. The van der Waals surface area contributed by atoms with Gasteiger partial charge in [-0.2, -0.15) is 0 Å². The SMILES string of the molecule is CC(C)C[C@H](NC(=O)O)[C@@H](O)C[C@H](c1ccco1)C(C)C. The number of amides is 1. The van der Waals surface area contributed by atoms with Crippen LogP contribution in [-0.2, 0) is 0 Å². The zero-order valence-electron chi connectivity index (χ0n) is 13.2. The van der Waals surface area contributed by atoms with E-state index in [1.54, 1.807) is 6.26 Å². The number of carbonyl (C=O) groups is 1. The summed E-state index contributed by atoms with van der Waals surface area (Å²) in [6.07, 6.45) is 0.872. The fraction of sp³-hybridized carbons (Fsp3) is 0.688. The number of nitrogens with one attached hydrogen (secondary N) is 1. The number of hydrogen-bond acceptors (Lipinski definition) is 3. The number of hydrogen-bond donors (Lipinski definition) is 3. The van der Waals surface area contributed by atoms with Gasteiger partial charge in [0.1, 0.15) is 5.76 Å². The quantitative estimate of drug-likeness (QED) is 0.686. The number of aliphatic hydroxyl groups is 1. The molecule has 0 spiro atoms. The summed E-state index contributed by atoms with van der Waals surface area (Å²) < 4.78 is 5.45. The minimum absolute atomic E-state index is 0.0697. The van der Waals surface area contributed by atoms with Crippen molar-refractivity contribution in [3.8, 4) is 0 Å². The van der Waals surface area contributed by atoms with Crippen molar-refractivity contribution in [3.63, 3.8) is 0 Å². The topological polar surface area (TPSA) is 82.7 Å². The van der Waals surface area contributed by atoms with Gasteiger partial charge in [-0.05, 0) is 36.8 Å². The molecule has 5 nitrogen and oxygen atoms in total. The molecule has 0 saturated heterocycles. The molecule has 1 rings (SSSR count). The fourth-order valence-corrected chi connectivity index (χ4v) is 2.62. The molecule has 0 aliphatic heterocycles. The van der Waals surface area contributed by atoms with E-state index in [0.29, 0.717) is 24.7 Å². The van der Waals surface area contributed by atoms with Crippen LogP contribution in [0, 0.1) is 11.8 Å². The smallest absolute Gasteiger partial charge is 0.404 e. The van der Waals surface area contributed by atoms with E-state index in [1.807, 2.05) is 26.0 Å². The van der Waals surface area contributed by atoms with Crippen LogP contribution in [0.15, 0.2) is 22.8 Å². The Morgan fingerprint density at radius 2 is 1.95 bits per heavy atom. The molecule has 1 aromatic rings. The Labute approximate surface area is 126 Å². The van der Waals surface area contributed by atoms with E-state index in [1.165, 1.54) is 0 Å². The Morgan fingerprint density at radius 1 is 1.29 bits per heavy atom. The highest BCUT2D eigenvalue weighted by molar-refractivity contribution is 5.64. The second-order valence-electron chi connectivity index (χ2n) is 6.35. The Hall–Kier alpha value is -1.49. The van der Waals surface area contributed by atoms with E-state index in [9.17, 15) is 9.90 Å². The van der Waals surface area contributed by atoms with Crippen LogP contribution in [0.4, 0.5) is 4.79 Å². The molecule has 0 aromatic carbocycles. The van der Waals surface area contributed by atoms with Gasteiger partial charge in [0, 0.05) is 5.92 Å². The predicted molar refractivity (Wildman–Crippen MR) is 81.3 cm³/mol. The van der Waals surface area contributed by atoms with Gasteiger partial charge in [0.2, 0.25) is 0 Å². The maximum absolute atomic E-state index is 10.9. The van der Waals surface area contributed by atoms with E-state index in [0.717, 1.165) is 5.76 Å². The van der Waals surface area contributed by atoms with E-state index < -0.39 is 18.2 Å². The van der Waals surface area contributed by atoms with Crippen molar-refractivity contribution in [3.05, 3.63) is 24.2 Å². The van der Waals surface area contributed by atoms with Gasteiger partial charge in [-0.25, -0.2) is 4.79 Å². The average Bonchev–Trinajstić information content (AvgIpc) is 2.86. The van der Waals surface area contributed by atoms with Crippen molar-refractivity contribution in [1.82, 2.24) is 5.32 Å². The fourth-order valence-electron chi connectivity index (χ4n) is 2.62. The van der Waals surface area contributed by atoms with Crippen molar-refractivity contribution < 1.29 is 19.4 Å². The number of rotatable bonds is 8. The molecule has 0 aliphatic carbocycles. The van der Waals surface area contributed by atoms with Crippen LogP contribution in [0.5, 0.6) is 0 Å². The second kappa shape index (κ2) is 8.08. The van der Waals surface area contributed by atoms with Gasteiger partial charge in [-0.15, -0.1) is 0 Å². The normalized spacial score (nSPS) is 16.0. The molecule has 120 valence electrons. The standard InChI is InChI=1S/C16H27NO4/c1-10(2)8-13(17-16(19)20)14(18)9-12(11(3)4)15-6-5-7-21-15/h5-7,10-14,17-18H,8-9H2,1-4H3,(H,19,20)/t12-,13-,14-/m0/s1. The zero-order chi connectivity index (χ0) is 16.0. The molecule has 0 saturated carbocycles. The summed E-state index contributed by atoms with van der Waals surface area (Å²) in [4.78, 5) is 10.9. The van der Waals surface area contributed by atoms with E-state index in [4.69, 9.17) is 9.52 Å². The molecule has 3 N–H and O–H groups in total. The molecule has 0 unspecified atom stereocenters. The molecule has 0 fully saturated rings. The first-order chi connectivity index (χ1) is 9.81. The summed E-state index contributed by atoms with van der Waals surface area (Å²) in [6, 6.07) is 3.27. The molecule has 0 bridgehead atoms. The van der Waals surface area contributed by atoms with E-state index >= 15 is 0 Å². The van der Waals surface area contributed by atoms with Crippen LogP contribution < -0.4 is 5.32 Å². The maximum atomic E-state index is 10.9. The zero-order valence-corrected chi connectivity index (χ0v) is 13.2. The molecule has 0 aliphatic rings. The first-order valence-electron chi connectivity index (χ1n) is 7.52. The molecule has 21 heavy (non-hydrogen) atoms. The van der Waals surface area contributed by atoms with Crippen LogP contribution in [0.3, 0.4) is 0 Å². The monoisotopic (exact) mass is 297 g/mol. The van der Waals surface area contributed by atoms with Crippen LogP contribution in [0.1, 0.15) is 52.2 Å². The highest BCUT2D eigenvalue weighted by atomic mass is 16.4. The van der Waals surface area contributed by atoms with Crippen molar-refractivity contribution in [2.75, 3.05) is 0 Å². The van der Waals surface area contributed by atoms with Crippen molar-refractivity contribution >= 4 is 6.09 Å². The Kier molecular flexibility index (Phi) is 6.75. The Morgan fingerprint density at radius 3 is 2.38 bits per heavy atom. The summed E-state index contributed by atoms with van der Waals surface area (Å²) in [5.41, 5.74) is 0. The molecule has 1 heterocycles. The first kappa shape index (κ1) is 17.6. The lowest BCUT2D eigenvalue weighted by Gasteiger charge is -2.28. The maximum Gasteiger partial charge on any atom is 0.404 e. The van der Waals surface area contributed by atoms with Crippen LogP contribution >= 0.6 is 0 Å². The van der Waals surface area contributed by atoms with Gasteiger partial charge < -0.3 is 19.9 Å². The Bertz CT molecular complexity index is 414. The number of carboxylic acid groups (broad SMARTS) is 1. The minimum atomic E-state index is -1.10. The minimum Gasteiger partial charge on any atom is -0.469 e. The number of furan rings is 1. The Balaban J connectivity index is 2.77. The highest BCUT2D eigenvalue weighted by Gasteiger charge is 2.28. The third kappa shape index (κ3) is 5.79. The summed E-state index contributed by atoms with van der Waals surface area (Å²) >= 11 is 0. The van der Waals surface area contributed by atoms with Gasteiger partial charge in [0.15, 0.2) is 0 Å². The molecule has 1 amide bonds. The summed E-state index contributed by atoms with van der Waals surface area (Å²) in [5.74, 6) is 1.51. The van der Waals surface area contributed by atoms with Crippen LogP contribution in [0.25, 0.3) is 0 Å². The van der Waals surface area contributed by atoms with E-state index in [2.05, 4.69) is 19.2 Å². The molecule has 1 aromatic heterocycles. The third-order valence-electron chi connectivity index (χ3n) is 3.71. The molecule has 3 atom stereocenters. The summed E-state index contributed by atoms with van der Waals surface area (Å²) in [6.45, 7) is 8.16. The molecular weight excluding hydrogens is 270 g/mol. The van der Waals surface area contributed by atoms with Crippen molar-refractivity contribution in [2.24, 2.45) is 11.8 Å². The third-order valence-corrected chi connectivity index (χ3v) is 3.71. The van der Waals surface area contributed by atoms with E-state index in [-0.39, 0.29) is 5.92 Å². The lowest BCUT2D eigenvalue weighted by molar-refractivity contribution is 0.0887. The van der Waals surface area contributed by atoms with Gasteiger partial charge in [0.05, 0.1) is 18.4 Å². The van der Waals surface area contributed by atoms with Crippen LogP contribution in [0.2, 0.25) is 0 Å².